The van der Waals surface area contributed by atoms with Crippen molar-refractivity contribution in [1.29, 1.82) is 0 Å². The molecule has 1 N–H and O–H groups in total. The monoisotopic (exact) mass is 359 g/mol. The van der Waals surface area contributed by atoms with Gasteiger partial charge in [0.2, 0.25) is 11.8 Å². The highest BCUT2D eigenvalue weighted by atomic mass is 35.5. The first kappa shape index (κ1) is 18.8. The number of rotatable bonds is 5. The molecule has 0 radical (unpaired) electrons. The van der Waals surface area contributed by atoms with Crippen molar-refractivity contribution < 1.29 is 9.59 Å². The lowest BCUT2D eigenvalue weighted by Crippen LogP contribution is -2.37. The van der Waals surface area contributed by atoms with Crippen LogP contribution in [0.4, 0.5) is 17.1 Å². The molecule has 0 unspecified atom stereocenters. The Morgan fingerprint density at radius 1 is 1.08 bits per heavy atom. The first-order valence-electron chi connectivity index (χ1n) is 7.89. The SMILES string of the molecule is CC(=O)N(CC(=O)Nc1ccc(N(C)C)cc1)c1cc(Cl)ccc1C. The number of carbonyl (C=O) groups excluding carboxylic acids is 2. The van der Waals surface area contributed by atoms with Gasteiger partial charge in [-0.2, -0.15) is 0 Å². The molecule has 0 saturated carbocycles. The molecule has 0 fully saturated rings. The number of benzene rings is 2. The molecule has 25 heavy (non-hydrogen) atoms. The first-order chi connectivity index (χ1) is 11.8. The minimum atomic E-state index is -0.271. The van der Waals surface area contributed by atoms with Crippen LogP contribution in [0.15, 0.2) is 42.5 Å². The van der Waals surface area contributed by atoms with Gasteiger partial charge in [0.1, 0.15) is 6.54 Å². The Bertz CT molecular complexity index is 773. The fraction of sp³-hybridized carbons (Fsp3) is 0.263. The second-order valence-corrected chi connectivity index (χ2v) is 6.46. The van der Waals surface area contributed by atoms with Gasteiger partial charge in [0.25, 0.3) is 0 Å². The molecule has 0 saturated heterocycles. The molecule has 2 aromatic rings. The van der Waals surface area contributed by atoms with Crippen molar-refractivity contribution >= 4 is 40.5 Å². The maximum Gasteiger partial charge on any atom is 0.244 e. The maximum atomic E-state index is 12.4. The van der Waals surface area contributed by atoms with Gasteiger partial charge in [-0.25, -0.2) is 0 Å². The van der Waals surface area contributed by atoms with E-state index >= 15 is 0 Å². The molecule has 0 bridgehead atoms. The molecule has 0 aliphatic rings. The highest BCUT2D eigenvalue weighted by Crippen LogP contribution is 2.24. The summed E-state index contributed by atoms with van der Waals surface area (Å²) in [5, 5.41) is 3.33. The third kappa shape index (κ3) is 4.97. The summed E-state index contributed by atoms with van der Waals surface area (Å²) < 4.78 is 0. The summed E-state index contributed by atoms with van der Waals surface area (Å²) in [6.45, 7) is 3.23. The molecule has 0 atom stereocenters. The molecule has 132 valence electrons. The lowest BCUT2D eigenvalue weighted by molar-refractivity contribution is -0.120. The van der Waals surface area contributed by atoms with Crippen LogP contribution < -0.4 is 15.1 Å². The van der Waals surface area contributed by atoms with Crippen molar-refractivity contribution in [3.8, 4) is 0 Å². The molecule has 5 nitrogen and oxygen atoms in total. The Morgan fingerprint density at radius 2 is 1.72 bits per heavy atom. The molecule has 2 amide bonds. The van der Waals surface area contributed by atoms with E-state index in [-0.39, 0.29) is 18.4 Å². The fourth-order valence-electron chi connectivity index (χ4n) is 2.43. The van der Waals surface area contributed by atoms with Crippen molar-refractivity contribution in [3.63, 3.8) is 0 Å². The number of carbonyl (C=O) groups is 2. The van der Waals surface area contributed by atoms with E-state index in [1.54, 1.807) is 12.1 Å². The summed E-state index contributed by atoms with van der Waals surface area (Å²) in [4.78, 5) is 27.8. The van der Waals surface area contributed by atoms with E-state index < -0.39 is 0 Å². The minimum absolute atomic E-state index is 0.0774. The predicted molar refractivity (Wildman–Crippen MR) is 104 cm³/mol. The normalized spacial score (nSPS) is 10.3. The zero-order valence-corrected chi connectivity index (χ0v) is 15.6. The summed E-state index contributed by atoms with van der Waals surface area (Å²) in [6.07, 6.45) is 0. The van der Waals surface area contributed by atoms with Crippen LogP contribution in [0, 0.1) is 6.92 Å². The van der Waals surface area contributed by atoms with E-state index in [2.05, 4.69) is 5.32 Å². The van der Waals surface area contributed by atoms with Crippen molar-refractivity contribution in [2.24, 2.45) is 0 Å². The Kier molecular flexibility index (Phi) is 6.04. The first-order valence-corrected chi connectivity index (χ1v) is 8.27. The summed E-state index contributed by atoms with van der Waals surface area (Å²) in [5.41, 5.74) is 3.24. The van der Waals surface area contributed by atoms with E-state index in [4.69, 9.17) is 11.6 Å². The highest BCUT2D eigenvalue weighted by Gasteiger charge is 2.18. The van der Waals surface area contributed by atoms with Crippen LogP contribution in [0.25, 0.3) is 0 Å². The third-order valence-corrected chi connectivity index (χ3v) is 4.05. The third-order valence-electron chi connectivity index (χ3n) is 3.81. The van der Waals surface area contributed by atoms with Gasteiger partial charge in [-0.05, 0) is 48.9 Å². The lowest BCUT2D eigenvalue weighted by atomic mass is 10.1. The van der Waals surface area contributed by atoms with Crippen molar-refractivity contribution in [2.45, 2.75) is 13.8 Å². The van der Waals surface area contributed by atoms with Crippen molar-refractivity contribution in [3.05, 3.63) is 53.1 Å². The summed E-state index contributed by atoms with van der Waals surface area (Å²) >= 11 is 6.03. The highest BCUT2D eigenvalue weighted by molar-refractivity contribution is 6.31. The second-order valence-electron chi connectivity index (χ2n) is 6.03. The zero-order chi connectivity index (χ0) is 18.6. The molecule has 0 aliphatic heterocycles. The van der Waals surface area contributed by atoms with E-state index in [0.717, 1.165) is 11.3 Å². The fourth-order valence-corrected chi connectivity index (χ4v) is 2.59. The van der Waals surface area contributed by atoms with Crippen molar-refractivity contribution in [2.75, 3.05) is 35.8 Å². The van der Waals surface area contributed by atoms with Gasteiger partial charge in [0.05, 0.1) is 0 Å². The molecular weight excluding hydrogens is 338 g/mol. The topological polar surface area (TPSA) is 52.7 Å². The smallest absolute Gasteiger partial charge is 0.244 e. The summed E-state index contributed by atoms with van der Waals surface area (Å²) in [7, 11) is 3.90. The Morgan fingerprint density at radius 3 is 2.28 bits per heavy atom. The molecule has 2 aromatic carbocycles. The molecule has 0 aromatic heterocycles. The van der Waals surface area contributed by atoms with Gasteiger partial charge in [0, 0.05) is 43.1 Å². The van der Waals surface area contributed by atoms with Gasteiger partial charge >= 0.3 is 0 Å². The lowest BCUT2D eigenvalue weighted by Gasteiger charge is -2.23. The standard InChI is InChI=1S/C19H22ClN3O2/c1-13-5-6-15(20)11-18(13)23(14(2)24)12-19(25)21-16-7-9-17(10-8-16)22(3)4/h5-11H,12H2,1-4H3,(H,21,25). The molecule has 0 heterocycles. The Labute approximate surface area is 153 Å². The Balaban J connectivity index is 2.13. The van der Waals surface area contributed by atoms with Gasteiger partial charge in [0.15, 0.2) is 0 Å². The van der Waals surface area contributed by atoms with Crippen LogP contribution in [-0.4, -0.2) is 32.5 Å². The minimum Gasteiger partial charge on any atom is -0.378 e. The van der Waals surface area contributed by atoms with Crippen LogP contribution in [0.2, 0.25) is 5.02 Å². The molecule has 0 aliphatic carbocycles. The van der Waals surface area contributed by atoms with E-state index in [1.807, 2.05) is 56.3 Å². The Hall–Kier alpha value is -2.53. The predicted octanol–water partition coefficient (Wildman–Crippen LogP) is 3.71. The van der Waals surface area contributed by atoms with Crippen molar-refractivity contribution in [1.82, 2.24) is 0 Å². The van der Waals surface area contributed by atoms with Crippen LogP contribution in [0.5, 0.6) is 0 Å². The van der Waals surface area contributed by atoms with E-state index in [0.29, 0.717) is 16.4 Å². The van der Waals surface area contributed by atoms with Crippen LogP contribution in [0.3, 0.4) is 0 Å². The largest absolute Gasteiger partial charge is 0.378 e. The zero-order valence-electron chi connectivity index (χ0n) is 14.8. The van der Waals surface area contributed by atoms with Crippen LogP contribution in [0.1, 0.15) is 12.5 Å². The molecule has 0 spiro atoms. The quantitative estimate of drug-likeness (QED) is 0.885. The van der Waals surface area contributed by atoms with E-state index in [9.17, 15) is 9.59 Å². The number of hydrogen-bond acceptors (Lipinski definition) is 3. The summed E-state index contributed by atoms with van der Waals surface area (Å²) in [6, 6.07) is 12.8. The molecule has 6 heteroatoms. The number of nitrogens with one attached hydrogen (secondary N) is 1. The number of aryl methyl sites for hydroxylation is 1. The number of amides is 2. The van der Waals surface area contributed by atoms with Gasteiger partial charge in [-0.3, -0.25) is 9.59 Å². The number of nitrogens with zero attached hydrogens (tertiary/aromatic N) is 2. The number of halogens is 1. The second kappa shape index (κ2) is 8.03. The van der Waals surface area contributed by atoms with Crippen LogP contribution in [-0.2, 0) is 9.59 Å². The molecule has 2 rings (SSSR count). The summed E-state index contributed by atoms with van der Waals surface area (Å²) in [5.74, 6) is -0.490. The molecular formula is C19H22ClN3O2. The van der Waals surface area contributed by atoms with Gasteiger partial charge < -0.3 is 15.1 Å². The van der Waals surface area contributed by atoms with Crippen LogP contribution >= 0.6 is 11.6 Å². The maximum absolute atomic E-state index is 12.4. The number of anilines is 3. The van der Waals surface area contributed by atoms with Gasteiger partial charge in [-0.15, -0.1) is 0 Å². The number of hydrogen-bond donors (Lipinski definition) is 1. The average molecular weight is 360 g/mol. The van der Waals surface area contributed by atoms with Gasteiger partial charge in [-0.1, -0.05) is 17.7 Å². The van der Waals surface area contributed by atoms with E-state index in [1.165, 1.54) is 11.8 Å². The average Bonchev–Trinajstić information content (AvgIpc) is 2.55.